The number of aromatic carboxylic acids is 1. The molecule has 1 aromatic rings. The molecular weight excluding hydrogens is 176 g/mol. The number of hydrogen-bond donors (Lipinski definition) is 3. The number of aromatic amines is 1. The molecule has 1 heterocycles. The Morgan fingerprint density at radius 2 is 2.15 bits per heavy atom. The summed E-state index contributed by atoms with van der Waals surface area (Å²) in [6.07, 6.45) is 0.219. The molecule has 0 spiro atoms. The summed E-state index contributed by atoms with van der Waals surface area (Å²) < 4.78 is 0. The van der Waals surface area contributed by atoms with Crippen LogP contribution in [-0.2, 0) is 11.2 Å². The van der Waals surface area contributed by atoms with Gasteiger partial charge in [0.2, 0.25) is 0 Å². The predicted molar refractivity (Wildman–Crippen MR) is 41.5 cm³/mol. The van der Waals surface area contributed by atoms with Gasteiger partial charge in [-0.15, -0.1) is 0 Å². The van der Waals surface area contributed by atoms with Crippen molar-refractivity contribution in [1.82, 2.24) is 10.2 Å². The van der Waals surface area contributed by atoms with Gasteiger partial charge in [-0.2, -0.15) is 5.10 Å². The third kappa shape index (κ3) is 2.58. The van der Waals surface area contributed by atoms with Gasteiger partial charge in [0.1, 0.15) is 0 Å². The first kappa shape index (κ1) is 9.24. The summed E-state index contributed by atoms with van der Waals surface area (Å²) in [6.45, 7) is 0. The highest BCUT2D eigenvalue weighted by Crippen LogP contribution is 2.02. The quantitative estimate of drug-likeness (QED) is 0.616. The molecule has 0 amide bonds. The standard InChI is InChI=1S/C7H8N2O4/c10-6(11)2-1-4-3-5(7(12)13)9-8-4/h3H,1-2H2,(H,8,9)(H,10,11)(H,12,13). The molecule has 1 rings (SSSR count). The van der Waals surface area contributed by atoms with Crippen LogP contribution in [0.3, 0.4) is 0 Å². The van der Waals surface area contributed by atoms with E-state index in [0.29, 0.717) is 5.69 Å². The average molecular weight is 184 g/mol. The lowest BCUT2D eigenvalue weighted by molar-refractivity contribution is -0.136. The number of carboxylic acids is 2. The fourth-order valence-corrected chi connectivity index (χ4v) is 0.841. The molecule has 0 aliphatic rings. The predicted octanol–water partition coefficient (Wildman–Crippen LogP) is 0.125. The number of carbonyl (C=O) groups is 2. The van der Waals surface area contributed by atoms with Gasteiger partial charge in [-0.25, -0.2) is 4.79 Å². The van der Waals surface area contributed by atoms with Crippen molar-refractivity contribution in [1.29, 1.82) is 0 Å². The highest BCUT2D eigenvalue weighted by molar-refractivity contribution is 5.85. The Hall–Kier alpha value is -1.85. The highest BCUT2D eigenvalue weighted by Gasteiger charge is 2.08. The summed E-state index contributed by atoms with van der Waals surface area (Å²) in [4.78, 5) is 20.5. The summed E-state index contributed by atoms with van der Waals surface area (Å²) in [5.41, 5.74) is 0.417. The van der Waals surface area contributed by atoms with Gasteiger partial charge in [0.05, 0.1) is 6.42 Å². The van der Waals surface area contributed by atoms with Gasteiger partial charge in [-0.3, -0.25) is 9.89 Å². The second kappa shape index (κ2) is 3.70. The topological polar surface area (TPSA) is 103 Å². The van der Waals surface area contributed by atoms with Crippen molar-refractivity contribution in [3.63, 3.8) is 0 Å². The number of aryl methyl sites for hydroxylation is 1. The van der Waals surface area contributed by atoms with Crippen LogP contribution in [0.5, 0.6) is 0 Å². The molecule has 0 saturated carbocycles. The average Bonchev–Trinajstić information content (AvgIpc) is 2.48. The molecule has 0 unspecified atom stereocenters. The van der Waals surface area contributed by atoms with Crippen molar-refractivity contribution in [2.75, 3.05) is 0 Å². The molecule has 0 aliphatic carbocycles. The number of nitrogens with zero attached hydrogens (tertiary/aromatic N) is 1. The first-order valence-corrected chi connectivity index (χ1v) is 3.59. The van der Waals surface area contributed by atoms with Crippen LogP contribution in [0, 0.1) is 0 Å². The second-order valence-corrected chi connectivity index (χ2v) is 2.48. The molecule has 0 fully saturated rings. The molecule has 0 aromatic carbocycles. The summed E-state index contributed by atoms with van der Waals surface area (Å²) in [5.74, 6) is -2.05. The highest BCUT2D eigenvalue weighted by atomic mass is 16.4. The summed E-state index contributed by atoms with van der Waals surface area (Å²) in [6, 6.07) is 1.32. The fourth-order valence-electron chi connectivity index (χ4n) is 0.841. The monoisotopic (exact) mass is 184 g/mol. The Bertz CT molecular complexity index is 331. The molecule has 0 bridgehead atoms. The van der Waals surface area contributed by atoms with Gasteiger partial charge < -0.3 is 10.2 Å². The maximum Gasteiger partial charge on any atom is 0.356 e. The molecule has 6 heteroatoms. The fraction of sp³-hybridized carbons (Fsp3) is 0.286. The van der Waals surface area contributed by atoms with E-state index in [4.69, 9.17) is 10.2 Å². The Morgan fingerprint density at radius 3 is 2.62 bits per heavy atom. The summed E-state index contributed by atoms with van der Waals surface area (Å²) >= 11 is 0. The minimum absolute atomic E-state index is 0.0404. The van der Waals surface area contributed by atoms with Crippen LogP contribution in [0.25, 0.3) is 0 Å². The van der Waals surface area contributed by atoms with Crippen LogP contribution in [0.2, 0.25) is 0 Å². The lowest BCUT2D eigenvalue weighted by atomic mass is 10.2. The van der Waals surface area contributed by atoms with E-state index in [0.717, 1.165) is 0 Å². The van der Waals surface area contributed by atoms with Crippen molar-refractivity contribution in [2.45, 2.75) is 12.8 Å². The zero-order valence-corrected chi connectivity index (χ0v) is 6.65. The minimum Gasteiger partial charge on any atom is -0.481 e. The van der Waals surface area contributed by atoms with Crippen molar-refractivity contribution in [3.05, 3.63) is 17.5 Å². The van der Waals surface area contributed by atoms with E-state index >= 15 is 0 Å². The second-order valence-electron chi connectivity index (χ2n) is 2.48. The number of H-pyrrole nitrogens is 1. The third-order valence-electron chi connectivity index (χ3n) is 1.46. The molecule has 0 radical (unpaired) electrons. The van der Waals surface area contributed by atoms with E-state index in [1.165, 1.54) is 6.07 Å². The van der Waals surface area contributed by atoms with Gasteiger partial charge in [0.15, 0.2) is 5.69 Å². The zero-order chi connectivity index (χ0) is 9.84. The van der Waals surface area contributed by atoms with Crippen LogP contribution in [-0.4, -0.2) is 32.3 Å². The number of aliphatic carboxylic acids is 1. The largest absolute Gasteiger partial charge is 0.481 e. The Labute approximate surface area is 73.2 Å². The van der Waals surface area contributed by atoms with E-state index < -0.39 is 11.9 Å². The smallest absolute Gasteiger partial charge is 0.356 e. The first-order valence-electron chi connectivity index (χ1n) is 3.59. The summed E-state index contributed by atoms with van der Waals surface area (Å²) in [7, 11) is 0. The summed E-state index contributed by atoms with van der Waals surface area (Å²) in [5, 5.41) is 22.7. The van der Waals surface area contributed by atoms with E-state index in [1.54, 1.807) is 0 Å². The molecule has 6 nitrogen and oxygen atoms in total. The van der Waals surface area contributed by atoms with Crippen molar-refractivity contribution in [2.24, 2.45) is 0 Å². The molecule has 13 heavy (non-hydrogen) atoms. The molecule has 0 aliphatic heterocycles. The van der Waals surface area contributed by atoms with Gasteiger partial charge >= 0.3 is 11.9 Å². The van der Waals surface area contributed by atoms with Crippen molar-refractivity contribution in [3.8, 4) is 0 Å². The van der Waals surface area contributed by atoms with Crippen LogP contribution < -0.4 is 0 Å². The van der Waals surface area contributed by atoms with E-state index in [9.17, 15) is 9.59 Å². The molecule has 0 atom stereocenters. The Morgan fingerprint density at radius 1 is 1.46 bits per heavy atom. The Kier molecular flexibility index (Phi) is 2.63. The molecular formula is C7H8N2O4. The lowest BCUT2D eigenvalue weighted by Gasteiger charge is -1.89. The molecule has 1 aromatic heterocycles. The third-order valence-corrected chi connectivity index (χ3v) is 1.46. The van der Waals surface area contributed by atoms with Crippen LogP contribution in [0.1, 0.15) is 22.6 Å². The van der Waals surface area contributed by atoms with E-state index in [-0.39, 0.29) is 18.5 Å². The maximum atomic E-state index is 10.4. The van der Waals surface area contributed by atoms with Gasteiger partial charge in [0.25, 0.3) is 0 Å². The SMILES string of the molecule is O=C(O)CCc1cc(C(=O)O)n[nH]1. The minimum atomic E-state index is -1.13. The van der Waals surface area contributed by atoms with Gasteiger partial charge in [-0.1, -0.05) is 0 Å². The van der Waals surface area contributed by atoms with Crippen LogP contribution in [0.15, 0.2) is 6.07 Å². The van der Waals surface area contributed by atoms with Crippen LogP contribution >= 0.6 is 0 Å². The first-order chi connectivity index (χ1) is 6.09. The molecule has 70 valence electrons. The normalized spacial score (nSPS) is 9.85. The number of hydrogen-bond acceptors (Lipinski definition) is 3. The van der Waals surface area contributed by atoms with E-state index in [2.05, 4.69) is 10.2 Å². The van der Waals surface area contributed by atoms with Gasteiger partial charge in [0, 0.05) is 5.69 Å². The number of aromatic nitrogens is 2. The van der Waals surface area contributed by atoms with Crippen molar-refractivity contribution < 1.29 is 19.8 Å². The number of carboxylic acid groups (broad SMARTS) is 2. The number of rotatable bonds is 4. The molecule has 0 saturated heterocycles. The van der Waals surface area contributed by atoms with Crippen LogP contribution in [0.4, 0.5) is 0 Å². The Balaban J connectivity index is 2.59. The zero-order valence-electron chi connectivity index (χ0n) is 6.65. The van der Waals surface area contributed by atoms with Gasteiger partial charge in [-0.05, 0) is 12.5 Å². The van der Waals surface area contributed by atoms with E-state index in [1.807, 2.05) is 0 Å². The molecule has 3 N–H and O–H groups in total. The lowest BCUT2D eigenvalue weighted by Crippen LogP contribution is -1.97. The van der Waals surface area contributed by atoms with Crippen molar-refractivity contribution >= 4 is 11.9 Å². The maximum absolute atomic E-state index is 10.4. The number of nitrogens with one attached hydrogen (secondary N) is 1.